The van der Waals surface area contributed by atoms with Crippen LogP contribution in [0.25, 0.3) is 0 Å². The zero-order chi connectivity index (χ0) is 16.6. The van der Waals surface area contributed by atoms with Crippen molar-refractivity contribution in [2.45, 2.75) is 13.8 Å². The Morgan fingerprint density at radius 1 is 0.773 bits per heavy atom. The molecule has 6 heteroatoms. The van der Waals surface area contributed by atoms with Crippen LogP contribution in [-0.2, 0) is 0 Å². The van der Waals surface area contributed by atoms with E-state index >= 15 is 0 Å². The van der Waals surface area contributed by atoms with Crippen molar-refractivity contribution in [2.24, 2.45) is 0 Å². The maximum absolute atomic E-state index is 9.75. The second-order valence-corrected chi connectivity index (χ2v) is 8.54. The molecular formula is C16H17BF4Se. The molecule has 2 aromatic rings. The van der Waals surface area contributed by atoms with Gasteiger partial charge in [-0.1, -0.05) is 0 Å². The Morgan fingerprint density at radius 3 is 1.36 bits per heavy atom. The molecule has 0 spiro atoms. The Labute approximate surface area is 132 Å². The van der Waals surface area contributed by atoms with Gasteiger partial charge in [-0.15, -0.1) is 0 Å². The van der Waals surface area contributed by atoms with E-state index in [1.807, 2.05) is 0 Å². The van der Waals surface area contributed by atoms with Crippen LogP contribution >= 0.6 is 0 Å². The van der Waals surface area contributed by atoms with Crippen molar-refractivity contribution in [3.05, 3.63) is 71.2 Å². The van der Waals surface area contributed by atoms with E-state index in [9.17, 15) is 17.3 Å². The van der Waals surface area contributed by atoms with Gasteiger partial charge in [-0.2, -0.15) is 0 Å². The third kappa shape index (κ3) is 8.06. The van der Waals surface area contributed by atoms with Gasteiger partial charge in [-0.3, -0.25) is 0 Å². The minimum absolute atomic E-state index is 1.02. The van der Waals surface area contributed by atoms with E-state index < -0.39 is 21.2 Å². The summed E-state index contributed by atoms with van der Waals surface area (Å²) >= 11 is -1.02. The zero-order valence-corrected chi connectivity index (χ0v) is 14.1. The van der Waals surface area contributed by atoms with Crippen LogP contribution in [0.15, 0.2) is 71.2 Å². The standard InChI is InChI=1S/C16H17Se.BF4/c1-14(2)13-17(15-9-5-3-6-10-15)16-11-7-4-8-12-16;2-1(3,4)5/h3-13H,1-2H3;/q+1;-1. The molecule has 0 heterocycles. The number of hydrogen-bond acceptors (Lipinski definition) is 0. The quantitative estimate of drug-likeness (QED) is 0.560. The average molecular weight is 375 g/mol. The summed E-state index contributed by atoms with van der Waals surface area (Å²) in [5, 5.41) is 0. The van der Waals surface area contributed by atoms with Gasteiger partial charge in [-0.25, -0.2) is 0 Å². The maximum Gasteiger partial charge on any atom is 0.673 e. The molecule has 0 saturated carbocycles. The van der Waals surface area contributed by atoms with Crippen molar-refractivity contribution >= 4 is 30.1 Å². The van der Waals surface area contributed by atoms with Gasteiger partial charge in [0.2, 0.25) is 0 Å². The van der Waals surface area contributed by atoms with Gasteiger partial charge in [0.1, 0.15) is 0 Å². The van der Waals surface area contributed by atoms with Crippen molar-refractivity contribution in [1.29, 1.82) is 0 Å². The molecule has 0 aromatic heterocycles. The fourth-order valence-corrected chi connectivity index (χ4v) is 5.66. The Kier molecular flexibility index (Phi) is 7.42. The van der Waals surface area contributed by atoms with Crippen LogP contribution in [0.3, 0.4) is 0 Å². The normalized spacial score (nSPS) is 10.7. The SMILES string of the molecule is CC(C)=C[Se+](c1ccccc1)c1ccccc1.F[B-](F)(F)F. The first kappa shape index (κ1) is 18.5. The predicted octanol–water partition coefficient (Wildman–Crippen LogP) is 4.10. The number of rotatable bonds is 3. The van der Waals surface area contributed by atoms with E-state index in [0.717, 1.165) is 0 Å². The molecule has 0 atom stereocenters. The molecule has 0 aliphatic heterocycles. The van der Waals surface area contributed by atoms with Crippen LogP contribution in [0.2, 0.25) is 0 Å². The van der Waals surface area contributed by atoms with Gasteiger partial charge in [-0.05, 0) is 0 Å². The molecule has 22 heavy (non-hydrogen) atoms. The van der Waals surface area contributed by atoms with Crippen LogP contribution in [0.1, 0.15) is 13.8 Å². The van der Waals surface area contributed by atoms with E-state index in [0.29, 0.717) is 0 Å². The molecule has 118 valence electrons. The largest absolute Gasteiger partial charge is 0.673 e. The topological polar surface area (TPSA) is 0 Å². The van der Waals surface area contributed by atoms with Crippen LogP contribution in [0, 0.1) is 0 Å². The summed E-state index contributed by atoms with van der Waals surface area (Å²) in [5.74, 6) is 0. The Balaban J connectivity index is 0.000000422. The fourth-order valence-electron chi connectivity index (χ4n) is 1.64. The van der Waals surface area contributed by atoms with Crippen molar-refractivity contribution in [3.8, 4) is 0 Å². The molecule has 0 saturated heterocycles. The first-order chi connectivity index (χ1) is 10.3. The minimum atomic E-state index is -6.00. The van der Waals surface area contributed by atoms with E-state index in [2.05, 4.69) is 79.5 Å². The fraction of sp³-hybridized carbons (Fsp3) is 0.125. The van der Waals surface area contributed by atoms with Gasteiger partial charge >= 0.3 is 115 Å². The van der Waals surface area contributed by atoms with Crippen LogP contribution in [0.5, 0.6) is 0 Å². The molecule has 0 aliphatic rings. The van der Waals surface area contributed by atoms with Gasteiger partial charge < -0.3 is 17.3 Å². The molecule has 0 N–H and O–H groups in total. The minimum Gasteiger partial charge on any atom is -0.418 e. The molecular weight excluding hydrogens is 358 g/mol. The van der Waals surface area contributed by atoms with Gasteiger partial charge in [0.05, 0.1) is 0 Å². The van der Waals surface area contributed by atoms with Crippen molar-refractivity contribution in [1.82, 2.24) is 0 Å². The number of halogens is 4. The van der Waals surface area contributed by atoms with Crippen molar-refractivity contribution in [2.75, 3.05) is 0 Å². The Morgan fingerprint density at radius 2 is 1.09 bits per heavy atom. The monoisotopic (exact) mass is 376 g/mol. The second-order valence-electron chi connectivity index (χ2n) is 4.65. The molecule has 0 radical (unpaired) electrons. The molecule has 0 bridgehead atoms. The molecule has 2 rings (SSSR count). The summed E-state index contributed by atoms with van der Waals surface area (Å²) in [7, 11) is -6.00. The first-order valence-corrected chi connectivity index (χ1v) is 9.33. The zero-order valence-electron chi connectivity index (χ0n) is 12.3. The third-order valence-electron chi connectivity index (χ3n) is 2.35. The molecule has 0 fully saturated rings. The molecule has 2 aromatic carbocycles. The Hall–Kier alpha value is -1.52. The van der Waals surface area contributed by atoms with Gasteiger partial charge in [0.15, 0.2) is 0 Å². The van der Waals surface area contributed by atoms with E-state index in [1.165, 1.54) is 14.5 Å². The van der Waals surface area contributed by atoms with E-state index in [1.54, 1.807) is 0 Å². The van der Waals surface area contributed by atoms with Crippen LogP contribution in [-0.4, -0.2) is 21.2 Å². The van der Waals surface area contributed by atoms with Crippen molar-refractivity contribution in [3.63, 3.8) is 0 Å². The average Bonchev–Trinajstić information content (AvgIpc) is 2.45. The molecule has 0 unspecified atom stereocenters. The summed E-state index contributed by atoms with van der Waals surface area (Å²) in [6.45, 7) is 4.37. The summed E-state index contributed by atoms with van der Waals surface area (Å²) in [4.78, 5) is 2.45. The number of hydrogen-bond donors (Lipinski definition) is 0. The van der Waals surface area contributed by atoms with Crippen LogP contribution < -0.4 is 8.92 Å². The summed E-state index contributed by atoms with van der Waals surface area (Å²) in [6, 6.07) is 21.7. The van der Waals surface area contributed by atoms with Gasteiger partial charge in [0.25, 0.3) is 0 Å². The summed E-state index contributed by atoms with van der Waals surface area (Å²) in [5.41, 5.74) is 1.41. The molecule has 0 aliphatic carbocycles. The summed E-state index contributed by atoms with van der Waals surface area (Å²) in [6.07, 6.45) is 0. The molecule has 0 nitrogen and oxygen atoms in total. The van der Waals surface area contributed by atoms with Gasteiger partial charge in [0, 0.05) is 0 Å². The van der Waals surface area contributed by atoms with Crippen molar-refractivity contribution < 1.29 is 17.3 Å². The predicted molar refractivity (Wildman–Crippen MR) is 87.5 cm³/mol. The van der Waals surface area contributed by atoms with E-state index in [-0.39, 0.29) is 0 Å². The molecule has 0 amide bonds. The number of benzene rings is 2. The smallest absolute Gasteiger partial charge is 0.418 e. The van der Waals surface area contributed by atoms with Crippen LogP contribution in [0.4, 0.5) is 17.3 Å². The third-order valence-corrected chi connectivity index (χ3v) is 7.10. The second kappa shape index (κ2) is 8.81. The number of allylic oxidation sites excluding steroid dienone is 1. The maximum atomic E-state index is 9.75. The Bertz CT molecular complexity index is 533. The first-order valence-electron chi connectivity index (χ1n) is 6.63. The van der Waals surface area contributed by atoms with E-state index in [4.69, 9.17) is 0 Å². The summed E-state index contributed by atoms with van der Waals surface area (Å²) < 4.78 is 41.9.